The highest BCUT2D eigenvalue weighted by Gasteiger charge is 2.35. The summed E-state index contributed by atoms with van der Waals surface area (Å²) in [6.07, 6.45) is 2.44. The van der Waals surface area contributed by atoms with Crippen LogP contribution in [0.25, 0.3) is 0 Å². The van der Waals surface area contributed by atoms with E-state index in [-0.39, 0.29) is 19.4 Å². The molecule has 0 aromatic rings. The summed E-state index contributed by atoms with van der Waals surface area (Å²) in [7, 11) is -9.33. The molecule has 320 valence electrons. The van der Waals surface area contributed by atoms with Crippen LogP contribution in [0.4, 0.5) is 4.79 Å². The second-order valence-electron chi connectivity index (χ2n) is 11.5. The number of carbonyl (C=O) groups excluding carboxylic acids is 7. The smallest absolute Gasteiger partial charge is 0.353 e. The molecule has 2 rings (SSSR count). The average molecular weight is 849 g/mol. The van der Waals surface area contributed by atoms with Gasteiger partial charge in [-0.05, 0) is 26.3 Å². The van der Waals surface area contributed by atoms with Crippen molar-refractivity contribution in [2.24, 2.45) is 33.7 Å². The molecule has 7 atom stereocenters. The van der Waals surface area contributed by atoms with Crippen molar-refractivity contribution in [1.82, 2.24) is 42.5 Å². The van der Waals surface area contributed by atoms with Crippen molar-refractivity contribution in [2.45, 2.75) is 75.1 Å². The Morgan fingerprint density at radius 2 is 1.55 bits per heavy atom. The highest BCUT2D eigenvalue weighted by molar-refractivity contribution is 7.80. The zero-order valence-corrected chi connectivity index (χ0v) is 31.2. The van der Waals surface area contributed by atoms with E-state index in [1.807, 2.05) is 0 Å². The number of carbonyl (C=O) groups is 7. The molecule has 0 radical (unpaired) electrons. The van der Waals surface area contributed by atoms with Crippen LogP contribution in [0.15, 0.2) is 16.9 Å². The summed E-state index contributed by atoms with van der Waals surface area (Å²) >= 11 is 0. The number of primary amides is 1. The van der Waals surface area contributed by atoms with Gasteiger partial charge >= 0.3 is 26.8 Å². The van der Waals surface area contributed by atoms with Crippen LogP contribution in [0.1, 0.15) is 32.6 Å². The number of hydrogen-bond acceptors (Lipinski definition) is 17. The van der Waals surface area contributed by atoms with Gasteiger partial charge in [0.25, 0.3) is 5.91 Å². The Morgan fingerprint density at radius 3 is 2.09 bits per heavy atom. The second-order valence-corrected chi connectivity index (χ2v) is 13.3. The van der Waals surface area contributed by atoms with E-state index in [1.165, 1.54) is 13.1 Å². The van der Waals surface area contributed by atoms with Gasteiger partial charge < -0.3 is 60.2 Å². The number of nitrogens with zero attached hydrogens (tertiary/aromatic N) is 1. The third-order valence-electron chi connectivity index (χ3n) is 6.79. The van der Waals surface area contributed by atoms with Gasteiger partial charge in [-0.2, -0.15) is 16.8 Å². The van der Waals surface area contributed by atoms with Crippen LogP contribution in [0.2, 0.25) is 0 Å². The average Bonchev–Trinajstić information content (AvgIpc) is 3.06. The van der Waals surface area contributed by atoms with E-state index >= 15 is 0 Å². The number of aliphatic imine (C=N–C) groups is 1. The van der Waals surface area contributed by atoms with Crippen LogP contribution >= 0.6 is 0 Å². The monoisotopic (exact) mass is 848 g/mol. The van der Waals surface area contributed by atoms with E-state index in [2.05, 4.69) is 47.5 Å². The van der Waals surface area contributed by atoms with Crippen molar-refractivity contribution in [3.63, 3.8) is 0 Å². The minimum Gasteiger partial charge on any atom is -0.353 e. The topological polar surface area (TPSA) is 507 Å². The minimum atomic E-state index is -4.67. The standard InChI is InChI=1S/C25H44N14O7.2H2O4S/c1-11-19(41)36-15(9-32-17(40)7-12(27)3-2-5-26)21(43)37-16(10-34-25(30)46)22(44)39-18(14-4-6-31-24(29)38-14)23(45)33-8-13(28)20(42)35-11;2*1-5(2,3)4/h6,10-15,18,24,38H,2-5,7-9,26-29H2,1H3,(H,32,40)(H,33,45)(H,35,42)(H,36,41)(H,37,43)(H,39,44)(H3,30,34,46);2*(H2,1,2,3,4)/b16-10-;;/t11-,12-,13+,14-,15-,18+,24?;;/m1../s1. The molecule has 8 amide bonds. The Morgan fingerprint density at radius 1 is 0.964 bits per heavy atom. The van der Waals surface area contributed by atoms with E-state index in [4.69, 9.17) is 63.7 Å². The Kier molecular flexibility index (Phi) is 22.4. The fourth-order valence-electron chi connectivity index (χ4n) is 4.25. The van der Waals surface area contributed by atoms with Gasteiger partial charge in [-0.25, -0.2) is 4.79 Å². The van der Waals surface area contributed by atoms with Crippen molar-refractivity contribution in [3.8, 4) is 0 Å². The normalized spacial score (nSPS) is 25.2. The maximum Gasteiger partial charge on any atom is 0.394 e. The summed E-state index contributed by atoms with van der Waals surface area (Å²) in [5.74, 6) is -5.06. The number of nitrogens with two attached hydrogens (primary N) is 5. The zero-order valence-electron chi connectivity index (χ0n) is 29.6. The lowest BCUT2D eigenvalue weighted by atomic mass is 10.0. The van der Waals surface area contributed by atoms with Gasteiger partial charge in [0.1, 0.15) is 29.9 Å². The number of urea groups is 1. The summed E-state index contributed by atoms with van der Waals surface area (Å²) in [6.45, 7) is 0.855. The largest absolute Gasteiger partial charge is 0.394 e. The van der Waals surface area contributed by atoms with Crippen molar-refractivity contribution in [1.29, 1.82) is 0 Å². The van der Waals surface area contributed by atoms with Crippen molar-refractivity contribution < 1.29 is 68.6 Å². The van der Waals surface area contributed by atoms with Gasteiger partial charge in [0.15, 0.2) is 6.29 Å². The molecule has 0 aromatic heterocycles. The first-order valence-electron chi connectivity index (χ1n) is 15.9. The molecule has 1 fully saturated rings. The van der Waals surface area contributed by atoms with E-state index in [0.29, 0.717) is 19.4 Å². The fraction of sp³-hybridized carbons (Fsp3) is 0.600. The maximum atomic E-state index is 13.4. The molecule has 1 unspecified atom stereocenters. The first kappa shape index (κ1) is 51.0. The van der Waals surface area contributed by atoms with Crippen LogP contribution in [0.5, 0.6) is 0 Å². The number of hydrogen-bond donors (Lipinski definition) is 17. The Labute approximate surface area is 319 Å². The van der Waals surface area contributed by atoms with E-state index in [9.17, 15) is 33.6 Å². The molecule has 2 aliphatic rings. The molecule has 0 spiro atoms. The third-order valence-corrected chi connectivity index (χ3v) is 6.79. The molecule has 0 saturated carbocycles. The number of nitrogens with one attached hydrogen (secondary N) is 8. The fourth-order valence-corrected chi connectivity index (χ4v) is 4.25. The predicted octanol–water partition coefficient (Wildman–Crippen LogP) is -8.51. The van der Waals surface area contributed by atoms with Crippen LogP contribution in [-0.4, -0.2) is 145 Å². The van der Waals surface area contributed by atoms with Gasteiger partial charge in [0, 0.05) is 50.4 Å². The Balaban J connectivity index is 0.00000267. The third kappa shape index (κ3) is 24.4. The second kappa shape index (κ2) is 24.5. The SMILES string of the molecule is C[C@H]1NC(=O)[C@@H](N)CNC(=O)[C@H]([C@H]2CC=NC(N)N2)NC(=O)/C(=C/NC(N)=O)NC(=O)[C@@H](CNC(=O)C[C@H](N)CCCN)NC1=O.O=S(=O)(O)O.O=S(=O)(O)O. The minimum absolute atomic E-state index is 0.101. The van der Waals surface area contributed by atoms with E-state index in [1.54, 1.807) is 0 Å². The summed E-state index contributed by atoms with van der Waals surface area (Å²) in [4.78, 5) is 93.7. The van der Waals surface area contributed by atoms with Gasteiger partial charge in [-0.1, -0.05) is 0 Å². The lowest BCUT2D eigenvalue weighted by Gasteiger charge is -2.31. The Hall–Kier alpha value is -4.96. The quantitative estimate of drug-likeness (QED) is 0.0756. The van der Waals surface area contributed by atoms with Crippen LogP contribution in [-0.2, 0) is 49.6 Å². The van der Waals surface area contributed by atoms with Crippen molar-refractivity contribution in [3.05, 3.63) is 11.9 Å². The molecule has 56 heavy (non-hydrogen) atoms. The first-order chi connectivity index (χ1) is 25.7. The van der Waals surface area contributed by atoms with E-state index < -0.39 is 117 Å². The molecule has 31 heteroatoms. The van der Waals surface area contributed by atoms with Crippen LogP contribution in [0.3, 0.4) is 0 Å². The molecule has 2 heterocycles. The lowest BCUT2D eigenvalue weighted by Crippen LogP contribution is -2.64. The van der Waals surface area contributed by atoms with Crippen molar-refractivity contribution >= 4 is 68.5 Å². The van der Waals surface area contributed by atoms with Gasteiger partial charge in [-0.15, -0.1) is 0 Å². The molecule has 0 aromatic carbocycles. The van der Waals surface area contributed by atoms with Gasteiger partial charge in [0.05, 0.1) is 0 Å². The molecule has 0 aliphatic carbocycles. The molecular formula is C25H48N14O15S2. The van der Waals surface area contributed by atoms with E-state index in [0.717, 1.165) is 6.20 Å². The highest BCUT2D eigenvalue weighted by atomic mass is 32.3. The summed E-state index contributed by atoms with van der Waals surface area (Å²) < 4.78 is 63.2. The predicted molar refractivity (Wildman–Crippen MR) is 192 cm³/mol. The first-order valence-corrected chi connectivity index (χ1v) is 18.7. The summed E-state index contributed by atoms with van der Waals surface area (Å²) in [6, 6.07) is -7.83. The number of rotatable bonds is 9. The molecule has 2 aliphatic heterocycles. The van der Waals surface area contributed by atoms with Crippen LogP contribution in [0, 0.1) is 0 Å². The molecule has 29 nitrogen and oxygen atoms in total. The highest BCUT2D eigenvalue weighted by Crippen LogP contribution is 2.07. The van der Waals surface area contributed by atoms with Crippen molar-refractivity contribution in [2.75, 3.05) is 19.6 Å². The molecule has 22 N–H and O–H groups in total. The lowest BCUT2D eigenvalue weighted by molar-refractivity contribution is -0.133. The number of amides is 8. The molecule has 0 bridgehead atoms. The zero-order chi connectivity index (χ0) is 43.4. The van der Waals surface area contributed by atoms with Gasteiger partial charge in [-0.3, -0.25) is 63.0 Å². The summed E-state index contributed by atoms with van der Waals surface area (Å²) in [5.41, 5.74) is 27.7. The van der Waals surface area contributed by atoms with Crippen LogP contribution < -0.4 is 71.2 Å². The maximum absolute atomic E-state index is 13.4. The molecule has 1 saturated heterocycles. The Bertz CT molecular complexity index is 1630. The summed E-state index contributed by atoms with van der Waals surface area (Å²) in [5, 5.41) is 19.4. The van der Waals surface area contributed by atoms with Gasteiger partial charge in [0.2, 0.25) is 29.5 Å². The molecular weight excluding hydrogens is 800 g/mol.